The lowest BCUT2D eigenvalue weighted by Crippen LogP contribution is -2.40. The van der Waals surface area contributed by atoms with Gasteiger partial charge in [-0.15, -0.1) is 0 Å². The SMILES string of the molecule is C1=Cc2c(oc3cccc(N(C4=c5oc6ccccc6c5=CNC4)c4cc5ccccc5c5ccccc45)c23)NC1. The largest absolute Gasteiger partial charge is 0.454 e. The van der Waals surface area contributed by atoms with E-state index in [-0.39, 0.29) is 0 Å². The van der Waals surface area contributed by atoms with Crippen molar-refractivity contribution in [3.05, 3.63) is 119 Å². The minimum atomic E-state index is 0.610. The average molecular weight is 532 g/mol. The van der Waals surface area contributed by atoms with E-state index in [0.29, 0.717) is 6.54 Å². The molecule has 0 amide bonds. The molecule has 5 aromatic carbocycles. The van der Waals surface area contributed by atoms with E-state index in [1.54, 1.807) is 0 Å². The van der Waals surface area contributed by atoms with Gasteiger partial charge in [0.2, 0.25) is 5.88 Å². The van der Waals surface area contributed by atoms with E-state index in [1.807, 2.05) is 18.2 Å². The van der Waals surface area contributed by atoms with Crippen molar-refractivity contribution >= 4 is 78.7 Å². The number of benzene rings is 5. The minimum Gasteiger partial charge on any atom is -0.454 e. The summed E-state index contributed by atoms with van der Waals surface area (Å²) in [7, 11) is 0. The number of para-hydroxylation sites is 1. The van der Waals surface area contributed by atoms with Gasteiger partial charge in [0.05, 0.1) is 29.0 Å². The second-order valence-electron chi connectivity index (χ2n) is 10.6. The summed E-state index contributed by atoms with van der Waals surface area (Å²) in [6.45, 7) is 1.36. The first kappa shape index (κ1) is 22.4. The zero-order valence-electron chi connectivity index (χ0n) is 22.1. The second kappa shape index (κ2) is 8.54. The van der Waals surface area contributed by atoms with Crippen molar-refractivity contribution in [3.8, 4) is 0 Å². The fourth-order valence-corrected chi connectivity index (χ4v) is 6.53. The summed E-state index contributed by atoms with van der Waals surface area (Å²) in [5.41, 5.74) is 6.87. The first-order chi connectivity index (χ1) is 20.3. The van der Waals surface area contributed by atoms with Gasteiger partial charge >= 0.3 is 0 Å². The molecule has 0 unspecified atom stereocenters. The molecule has 0 spiro atoms. The van der Waals surface area contributed by atoms with Crippen LogP contribution >= 0.6 is 0 Å². The molecule has 2 aliphatic rings. The van der Waals surface area contributed by atoms with Crippen LogP contribution in [0.2, 0.25) is 0 Å². The Balaban J connectivity index is 1.47. The van der Waals surface area contributed by atoms with Crippen molar-refractivity contribution in [2.24, 2.45) is 0 Å². The fraction of sp³-hybridized carbons (Fsp3) is 0.0556. The van der Waals surface area contributed by atoms with Gasteiger partial charge in [-0.05, 0) is 40.4 Å². The average Bonchev–Trinajstić information content (AvgIpc) is 3.61. The molecule has 0 fully saturated rings. The van der Waals surface area contributed by atoms with Crippen LogP contribution in [0.15, 0.2) is 112 Å². The molecule has 0 bridgehead atoms. The minimum absolute atomic E-state index is 0.610. The standard InChI is InChI=1S/C36H25N3O2/c1-2-10-23-22(9-1)19-30(25-12-4-3-11-24(23)25)39(29-15-7-17-33-34(29)27-14-8-18-38-36(27)41-33)31-21-37-20-28-26-13-5-6-16-32(26)40-35(28)31/h1-17,19-20,37-38H,18,21H2. The Morgan fingerprint density at radius 1 is 0.683 bits per heavy atom. The van der Waals surface area contributed by atoms with E-state index in [2.05, 4.69) is 113 Å². The molecule has 0 aliphatic carbocycles. The lowest BCUT2D eigenvalue weighted by molar-refractivity contribution is 0.566. The molecule has 5 heteroatoms. The van der Waals surface area contributed by atoms with Gasteiger partial charge in [-0.2, -0.15) is 0 Å². The number of nitrogens with one attached hydrogen (secondary N) is 2. The summed E-state index contributed by atoms with van der Waals surface area (Å²) in [4.78, 5) is 2.39. The molecule has 2 aliphatic heterocycles. The summed E-state index contributed by atoms with van der Waals surface area (Å²) in [5.74, 6) is 0.808. The molecule has 5 nitrogen and oxygen atoms in total. The topological polar surface area (TPSA) is 53.6 Å². The summed E-state index contributed by atoms with van der Waals surface area (Å²) >= 11 is 0. The predicted molar refractivity (Wildman–Crippen MR) is 169 cm³/mol. The number of hydrogen-bond acceptors (Lipinski definition) is 5. The molecule has 196 valence electrons. The molecule has 0 saturated carbocycles. The van der Waals surface area contributed by atoms with Crippen LogP contribution in [0.1, 0.15) is 5.56 Å². The molecule has 0 atom stereocenters. The van der Waals surface area contributed by atoms with E-state index in [0.717, 1.165) is 67.6 Å². The Morgan fingerprint density at radius 2 is 1.46 bits per heavy atom. The molecular formula is C36H25N3O2. The van der Waals surface area contributed by atoms with Crippen LogP contribution in [0.4, 0.5) is 17.3 Å². The van der Waals surface area contributed by atoms with E-state index >= 15 is 0 Å². The van der Waals surface area contributed by atoms with Gasteiger partial charge < -0.3 is 24.4 Å². The first-order valence-electron chi connectivity index (χ1n) is 14.0. The molecule has 2 N–H and O–H groups in total. The molecule has 7 aromatic rings. The van der Waals surface area contributed by atoms with Crippen molar-refractivity contribution in [3.63, 3.8) is 0 Å². The highest BCUT2D eigenvalue weighted by Crippen LogP contribution is 2.45. The smallest absolute Gasteiger partial charge is 0.201 e. The number of rotatable bonds is 3. The second-order valence-corrected chi connectivity index (χ2v) is 10.6. The third kappa shape index (κ3) is 3.23. The fourth-order valence-electron chi connectivity index (χ4n) is 6.53. The maximum atomic E-state index is 6.63. The Bertz CT molecular complexity index is 2340. The summed E-state index contributed by atoms with van der Waals surface area (Å²) < 4.78 is 13.0. The van der Waals surface area contributed by atoms with Gasteiger partial charge in [0.25, 0.3) is 0 Å². The van der Waals surface area contributed by atoms with Gasteiger partial charge in [0.15, 0.2) is 5.42 Å². The highest BCUT2D eigenvalue weighted by molar-refractivity contribution is 6.16. The molecule has 0 saturated heterocycles. The van der Waals surface area contributed by atoms with Crippen molar-refractivity contribution in [1.29, 1.82) is 0 Å². The van der Waals surface area contributed by atoms with Crippen molar-refractivity contribution in [2.45, 2.75) is 0 Å². The number of hydrogen-bond donors (Lipinski definition) is 2. The van der Waals surface area contributed by atoms with Gasteiger partial charge in [-0.3, -0.25) is 0 Å². The quantitative estimate of drug-likeness (QED) is 0.236. The maximum absolute atomic E-state index is 6.63. The van der Waals surface area contributed by atoms with Crippen LogP contribution in [0.25, 0.3) is 61.5 Å². The van der Waals surface area contributed by atoms with Gasteiger partial charge in [-0.25, -0.2) is 0 Å². The first-order valence-corrected chi connectivity index (χ1v) is 14.0. The molecule has 0 radical (unpaired) electrons. The normalized spacial score (nSPS) is 14.1. The molecule has 41 heavy (non-hydrogen) atoms. The van der Waals surface area contributed by atoms with Crippen LogP contribution in [0.3, 0.4) is 0 Å². The van der Waals surface area contributed by atoms with Crippen molar-refractivity contribution in [2.75, 3.05) is 23.3 Å². The highest BCUT2D eigenvalue weighted by atomic mass is 16.4. The maximum Gasteiger partial charge on any atom is 0.201 e. The summed E-state index contributed by atoms with van der Waals surface area (Å²) in [5, 5.41) is 15.0. The Hall–Kier alpha value is -5.42. The zero-order chi connectivity index (χ0) is 26.9. The van der Waals surface area contributed by atoms with E-state index < -0.39 is 0 Å². The van der Waals surface area contributed by atoms with Gasteiger partial charge in [0, 0.05) is 34.3 Å². The number of furan rings is 2. The van der Waals surface area contributed by atoms with E-state index in [4.69, 9.17) is 8.83 Å². The van der Waals surface area contributed by atoms with Crippen molar-refractivity contribution < 1.29 is 8.83 Å². The van der Waals surface area contributed by atoms with Crippen LogP contribution < -0.4 is 26.2 Å². The Morgan fingerprint density at radius 3 is 2.39 bits per heavy atom. The van der Waals surface area contributed by atoms with Gasteiger partial charge in [-0.1, -0.05) is 84.9 Å². The highest BCUT2D eigenvalue weighted by Gasteiger charge is 2.27. The lowest BCUT2D eigenvalue weighted by atomic mass is 9.98. The zero-order valence-corrected chi connectivity index (χ0v) is 22.1. The van der Waals surface area contributed by atoms with E-state index in [1.165, 1.54) is 21.5 Å². The molecular weight excluding hydrogens is 506 g/mol. The lowest BCUT2D eigenvalue weighted by Gasteiger charge is -2.30. The van der Waals surface area contributed by atoms with Crippen LogP contribution in [0, 0.1) is 0 Å². The van der Waals surface area contributed by atoms with E-state index in [9.17, 15) is 0 Å². The third-order valence-electron chi connectivity index (χ3n) is 8.31. The molecule has 9 rings (SSSR count). The Labute approximate surface area is 235 Å². The third-order valence-corrected chi connectivity index (χ3v) is 8.31. The van der Waals surface area contributed by atoms with Crippen LogP contribution in [-0.2, 0) is 0 Å². The molecule has 4 heterocycles. The number of anilines is 3. The Kier molecular flexibility index (Phi) is 4.66. The van der Waals surface area contributed by atoms with Crippen LogP contribution in [-0.4, -0.2) is 13.1 Å². The van der Waals surface area contributed by atoms with Crippen molar-refractivity contribution in [1.82, 2.24) is 5.32 Å². The summed E-state index contributed by atoms with van der Waals surface area (Å²) in [6.07, 6.45) is 6.39. The monoisotopic (exact) mass is 531 g/mol. The summed E-state index contributed by atoms with van der Waals surface area (Å²) in [6, 6.07) is 34.2. The molecule has 2 aromatic heterocycles. The van der Waals surface area contributed by atoms with Crippen LogP contribution in [0.5, 0.6) is 0 Å². The number of nitrogens with zero attached hydrogens (tertiary/aromatic N) is 1. The predicted octanol–water partition coefficient (Wildman–Crippen LogP) is 7.21. The number of fused-ring (bicyclic) bond motifs is 9. The van der Waals surface area contributed by atoms with Gasteiger partial charge in [0.1, 0.15) is 11.2 Å².